The number of aliphatic hydroxyl groups excluding tert-OH is 1. The summed E-state index contributed by atoms with van der Waals surface area (Å²) in [5.74, 6) is -0.822. The first-order valence-electron chi connectivity index (χ1n) is 6.93. The number of alkyl halides is 3. The third-order valence-corrected chi connectivity index (χ3v) is 3.93. The lowest BCUT2D eigenvalue weighted by atomic mass is 9.87. The van der Waals surface area contributed by atoms with Gasteiger partial charge in [0.05, 0.1) is 6.54 Å². The number of nitrogens with zero attached hydrogens (tertiary/aromatic N) is 1. The fourth-order valence-corrected chi connectivity index (χ4v) is 2.70. The molecule has 2 N–H and O–H groups in total. The molecule has 2 rings (SSSR count). The zero-order chi connectivity index (χ0) is 17.6. The molecular formula is C15H17F3N2O3. The monoisotopic (exact) mass is 330 g/mol. The highest BCUT2D eigenvalue weighted by Gasteiger charge is 2.52. The molecule has 1 aromatic carbocycles. The van der Waals surface area contributed by atoms with E-state index in [1.165, 1.54) is 6.92 Å². The molecule has 0 aliphatic carbocycles. The quantitative estimate of drug-likeness (QED) is 0.833. The van der Waals surface area contributed by atoms with Crippen molar-refractivity contribution in [2.24, 2.45) is 0 Å². The van der Waals surface area contributed by atoms with Crippen molar-refractivity contribution in [3.8, 4) is 0 Å². The van der Waals surface area contributed by atoms with Crippen LogP contribution < -0.4 is 5.32 Å². The molecule has 0 unspecified atom stereocenters. The zero-order valence-electron chi connectivity index (χ0n) is 12.9. The Morgan fingerprint density at radius 2 is 1.91 bits per heavy atom. The first-order chi connectivity index (χ1) is 10.5. The highest BCUT2D eigenvalue weighted by Crippen LogP contribution is 2.32. The third kappa shape index (κ3) is 3.03. The Kier molecular flexibility index (Phi) is 4.14. The molecule has 0 aromatic heterocycles. The molecule has 1 heterocycles. The maximum atomic E-state index is 12.5. The summed E-state index contributed by atoms with van der Waals surface area (Å²) < 4.78 is 37.4. The van der Waals surface area contributed by atoms with Gasteiger partial charge in [0.2, 0.25) is 0 Å². The van der Waals surface area contributed by atoms with Crippen LogP contribution in [0.1, 0.15) is 23.6 Å². The van der Waals surface area contributed by atoms with Crippen LogP contribution in [-0.4, -0.2) is 40.8 Å². The number of imide groups is 1. The summed E-state index contributed by atoms with van der Waals surface area (Å²) in [6, 6.07) is 4.26. The van der Waals surface area contributed by atoms with E-state index in [1.54, 1.807) is 19.1 Å². The molecule has 3 amide bonds. The van der Waals surface area contributed by atoms with Gasteiger partial charge in [-0.1, -0.05) is 23.8 Å². The number of β-amino-alcohol motifs (C(OH)–C–C–N with tert-alkyl or cyclic N) is 1. The molecule has 0 spiro atoms. The van der Waals surface area contributed by atoms with Gasteiger partial charge in [-0.15, -0.1) is 0 Å². The second-order valence-corrected chi connectivity index (χ2v) is 5.85. The van der Waals surface area contributed by atoms with Crippen molar-refractivity contribution in [1.29, 1.82) is 0 Å². The van der Waals surface area contributed by atoms with Gasteiger partial charge in [-0.2, -0.15) is 13.2 Å². The minimum Gasteiger partial charge on any atom is -0.382 e. The van der Waals surface area contributed by atoms with Gasteiger partial charge in [-0.25, -0.2) is 4.79 Å². The highest BCUT2D eigenvalue weighted by atomic mass is 19.4. The highest BCUT2D eigenvalue weighted by molar-refractivity contribution is 6.07. The Balaban J connectivity index is 2.33. The molecule has 0 bridgehead atoms. The van der Waals surface area contributed by atoms with Crippen molar-refractivity contribution < 1.29 is 27.9 Å². The number of benzene rings is 1. The van der Waals surface area contributed by atoms with E-state index in [0.29, 0.717) is 10.5 Å². The van der Waals surface area contributed by atoms with Gasteiger partial charge in [0.1, 0.15) is 5.54 Å². The van der Waals surface area contributed by atoms with Gasteiger partial charge in [0.25, 0.3) is 5.91 Å². The number of urea groups is 1. The Hall–Kier alpha value is -2.09. The van der Waals surface area contributed by atoms with Crippen LogP contribution in [0.15, 0.2) is 18.2 Å². The summed E-state index contributed by atoms with van der Waals surface area (Å²) in [6.45, 7) is 3.92. The average molecular weight is 330 g/mol. The van der Waals surface area contributed by atoms with Crippen LogP contribution in [-0.2, 0) is 10.3 Å². The maximum absolute atomic E-state index is 12.5. The van der Waals surface area contributed by atoms with Crippen molar-refractivity contribution in [3.05, 3.63) is 34.9 Å². The minimum atomic E-state index is -4.90. The van der Waals surface area contributed by atoms with Crippen LogP contribution in [0.3, 0.4) is 0 Å². The van der Waals surface area contributed by atoms with Crippen LogP contribution in [0.4, 0.5) is 18.0 Å². The number of hydrogen-bond acceptors (Lipinski definition) is 3. The van der Waals surface area contributed by atoms with E-state index >= 15 is 0 Å². The SMILES string of the molecule is Cc1ccc([C@]2(C)NC(=O)N(C[C@@H](O)C(F)(F)F)C2=O)c(C)c1. The van der Waals surface area contributed by atoms with Gasteiger partial charge in [-0.3, -0.25) is 9.69 Å². The Bertz CT molecular complexity index is 660. The van der Waals surface area contributed by atoms with Crippen molar-refractivity contribution in [2.45, 2.75) is 38.6 Å². The first-order valence-corrected chi connectivity index (χ1v) is 6.93. The molecule has 0 radical (unpaired) electrons. The Labute approximate surface area is 131 Å². The molecule has 0 saturated carbocycles. The largest absolute Gasteiger partial charge is 0.416 e. The van der Waals surface area contributed by atoms with Gasteiger partial charge < -0.3 is 10.4 Å². The number of aliphatic hydroxyl groups is 1. The summed E-state index contributed by atoms with van der Waals surface area (Å²) >= 11 is 0. The summed E-state index contributed by atoms with van der Waals surface area (Å²) in [5.41, 5.74) is 0.737. The smallest absolute Gasteiger partial charge is 0.382 e. The standard InChI is InChI=1S/C15H17F3N2O3/c1-8-4-5-10(9(2)6-8)14(3)12(22)20(13(23)19-14)7-11(21)15(16,17)18/h4-6,11,21H,7H2,1-3H3,(H,19,23)/t11-,14+/m1/s1. The molecular weight excluding hydrogens is 313 g/mol. The van der Waals surface area contributed by atoms with Crippen LogP contribution in [0.2, 0.25) is 0 Å². The number of halogens is 3. The molecule has 8 heteroatoms. The number of rotatable bonds is 3. The third-order valence-electron chi connectivity index (χ3n) is 3.93. The molecule has 1 aliphatic rings. The van der Waals surface area contributed by atoms with E-state index < -0.39 is 36.3 Å². The van der Waals surface area contributed by atoms with Gasteiger partial charge in [0.15, 0.2) is 6.10 Å². The molecule has 2 atom stereocenters. The topological polar surface area (TPSA) is 69.6 Å². The van der Waals surface area contributed by atoms with Crippen molar-refractivity contribution in [2.75, 3.05) is 6.54 Å². The van der Waals surface area contributed by atoms with E-state index in [2.05, 4.69) is 5.32 Å². The lowest BCUT2D eigenvalue weighted by Crippen LogP contribution is -2.45. The first kappa shape index (κ1) is 17.3. The molecule has 1 fully saturated rings. The van der Waals surface area contributed by atoms with Crippen molar-refractivity contribution >= 4 is 11.9 Å². The molecule has 23 heavy (non-hydrogen) atoms. The summed E-state index contributed by atoms with van der Waals surface area (Å²) in [7, 11) is 0. The fraction of sp³-hybridized carbons (Fsp3) is 0.467. The number of aryl methyl sites for hydroxylation is 2. The predicted octanol–water partition coefficient (Wildman–Crippen LogP) is 1.99. The summed E-state index contributed by atoms with van der Waals surface area (Å²) in [6.07, 6.45) is -7.68. The van der Waals surface area contributed by atoms with Gasteiger partial charge >= 0.3 is 12.2 Å². The Morgan fingerprint density at radius 1 is 1.30 bits per heavy atom. The normalized spacial score (nSPS) is 23.2. The van der Waals surface area contributed by atoms with E-state index in [9.17, 15) is 22.8 Å². The number of amides is 3. The average Bonchev–Trinajstić information content (AvgIpc) is 2.61. The second-order valence-electron chi connectivity index (χ2n) is 5.85. The number of carbonyl (C=O) groups is 2. The molecule has 1 saturated heterocycles. The zero-order valence-corrected chi connectivity index (χ0v) is 12.9. The van der Waals surface area contributed by atoms with Crippen LogP contribution >= 0.6 is 0 Å². The Morgan fingerprint density at radius 3 is 2.43 bits per heavy atom. The lowest BCUT2D eigenvalue weighted by Gasteiger charge is -2.25. The second kappa shape index (κ2) is 5.52. The lowest BCUT2D eigenvalue weighted by molar-refractivity contribution is -0.206. The van der Waals surface area contributed by atoms with E-state index in [-0.39, 0.29) is 0 Å². The summed E-state index contributed by atoms with van der Waals surface area (Å²) in [5, 5.41) is 11.5. The van der Waals surface area contributed by atoms with E-state index in [1.807, 2.05) is 13.0 Å². The van der Waals surface area contributed by atoms with Crippen LogP contribution in [0, 0.1) is 13.8 Å². The maximum Gasteiger partial charge on any atom is 0.416 e. The fourth-order valence-electron chi connectivity index (χ4n) is 2.70. The molecule has 1 aromatic rings. The van der Waals surface area contributed by atoms with Gasteiger partial charge in [0, 0.05) is 0 Å². The molecule has 5 nitrogen and oxygen atoms in total. The predicted molar refractivity (Wildman–Crippen MR) is 75.6 cm³/mol. The number of carbonyl (C=O) groups excluding carboxylic acids is 2. The number of hydrogen-bond donors (Lipinski definition) is 2. The van der Waals surface area contributed by atoms with Crippen molar-refractivity contribution in [1.82, 2.24) is 10.2 Å². The minimum absolute atomic E-state index is 0.400. The van der Waals surface area contributed by atoms with E-state index in [4.69, 9.17) is 5.11 Å². The van der Waals surface area contributed by atoms with E-state index in [0.717, 1.165) is 11.1 Å². The van der Waals surface area contributed by atoms with Crippen LogP contribution in [0.25, 0.3) is 0 Å². The van der Waals surface area contributed by atoms with Crippen LogP contribution in [0.5, 0.6) is 0 Å². The number of nitrogens with one attached hydrogen (secondary N) is 1. The summed E-state index contributed by atoms with van der Waals surface area (Å²) in [4.78, 5) is 24.8. The molecule has 126 valence electrons. The molecule has 1 aliphatic heterocycles. The van der Waals surface area contributed by atoms with Crippen molar-refractivity contribution in [3.63, 3.8) is 0 Å². The van der Waals surface area contributed by atoms with Gasteiger partial charge in [-0.05, 0) is 31.9 Å².